The average molecular weight is 346 g/mol. The number of nitrogens with zero attached hydrogens (tertiary/aromatic N) is 1. The smallest absolute Gasteiger partial charge is 0.257 e. The number of carbonyl (C=O) groups excluding carboxylic acids is 4. The first-order chi connectivity index (χ1) is 12.1. The van der Waals surface area contributed by atoms with E-state index in [-0.39, 0.29) is 24.9 Å². The highest BCUT2D eigenvalue weighted by Crippen LogP contribution is 2.10. The monoisotopic (exact) mass is 346 g/mol. The highest BCUT2D eigenvalue weighted by atomic mass is 16.2. The lowest BCUT2D eigenvalue weighted by Gasteiger charge is -2.19. The van der Waals surface area contributed by atoms with Crippen LogP contribution in [0.25, 0.3) is 0 Å². The molecule has 0 aliphatic carbocycles. The molecule has 0 bridgehead atoms. The van der Waals surface area contributed by atoms with Gasteiger partial charge < -0.3 is 10.2 Å². The van der Waals surface area contributed by atoms with Crippen LogP contribution < -0.4 is 16.2 Å². The summed E-state index contributed by atoms with van der Waals surface area (Å²) < 4.78 is 0. The molecule has 134 valence electrons. The highest BCUT2D eigenvalue weighted by Gasteiger charge is 2.19. The van der Waals surface area contributed by atoms with E-state index in [1.54, 1.807) is 30.3 Å². The van der Waals surface area contributed by atoms with Crippen molar-refractivity contribution in [1.29, 1.82) is 0 Å². The molecular formula is C17H22N4O4. The maximum Gasteiger partial charge on any atom is 0.257 e. The van der Waals surface area contributed by atoms with Crippen molar-refractivity contribution in [3.63, 3.8) is 0 Å². The van der Waals surface area contributed by atoms with Crippen molar-refractivity contribution in [2.24, 2.45) is 0 Å². The van der Waals surface area contributed by atoms with E-state index in [1.165, 1.54) is 4.90 Å². The fourth-order valence-electron chi connectivity index (χ4n) is 2.45. The van der Waals surface area contributed by atoms with Crippen LogP contribution >= 0.6 is 0 Å². The van der Waals surface area contributed by atoms with Gasteiger partial charge in [0.2, 0.25) is 5.91 Å². The van der Waals surface area contributed by atoms with Crippen molar-refractivity contribution in [2.75, 3.05) is 19.6 Å². The fraction of sp³-hybridized carbons (Fsp3) is 0.412. The third kappa shape index (κ3) is 6.25. The number of benzene rings is 1. The van der Waals surface area contributed by atoms with E-state index in [0.717, 1.165) is 19.3 Å². The molecule has 1 aliphatic heterocycles. The van der Waals surface area contributed by atoms with Crippen LogP contribution in [0, 0.1) is 0 Å². The second kappa shape index (κ2) is 9.41. The molecule has 0 radical (unpaired) electrons. The van der Waals surface area contributed by atoms with Crippen LogP contribution in [0.15, 0.2) is 30.3 Å². The summed E-state index contributed by atoms with van der Waals surface area (Å²) in [6, 6.07) is 8.49. The molecule has 1 aliphatic rings. The standard InChI is InChI=1S/C17H22N4O4/c22-14(11-18-17(25)13-7-3-1-4-8-13)19-20-15(23)12-21-10-6-2-5-9-16(21)24/h1,3-4,7-8H,2,5-6,9-12H2,(H,18,25)(H,19,22)(H,20,23). The predicted octanol–water partition coefficient (Wildman–Crippen LogP) is -0.0336. The van der Waals surface area contributed by atoms with Crippen molar-refractivity contribution in [2.45, 2.75) is 25.7 Å². The summed E-state index contributed by atoms with van der Waals surface area (Å²) in [6.07, 6.45) is 3.14. The van der Waals surface area contributed by atoms with Crippen molar-refractivity contribution in [3.8, 4) is 0 Å². The van der Waals surface area contributed by atoms with Gasteiger partial charge in [0.15, 0.2) is 0 Å². The molecule has 2 rings (SSSR count). The molecule has 0 atom stereocenters. The maximum atomic E-state index is 11.8. The first-order valence-corrected chi connectivity index (χ1v) is 8.25. The Morgan fingerprint density at radius 1 is 0.960 bits per heavy atom. The van der Waals surface area contributed by atoms with Crippen LogP contribution in [0.4, 0.5) is 0 Å². The summed E-state index contributed by atoms with van der Waals surface area (Å²) in [4.78, 5) is 48.6. The second-order valence-electron chi connectivity index (χ2n) is 5.77. The van der Waals surface area contributed by atoms with E-state index >= 15 is 0 Å². The molecular weight excluding hydrogens is 324 g/mol. The first kappa shape index (κ1) is 18.4. The Hall–Kier alpha value is -2.90. The number of hydrogen-bond acceptors (Lipinski definition) is 4. The molecule has 4 amide bonds. The molecule has 1 heterocycles. The largest absolute Gasteiger partial charge is 0.343 e. The van der Waals surface area contributed by atoms with Crippen LogP contribution in [0.3, 0.4) is 0 Å². The first-order valence-electron chi connectivity index (χ1n) is 8.25. The summed E-state index contributed by atoms with van der Waals surface area (Å²) in [5.41, 5.74) is 4.91. The van der Waals surface area contributed by atoms with Crippen molar-refractivity contribution in [3.05, 3.63) is 35.9 Å². The third-order valence-corrected chi connectivity index (χ3v) is 3.79. The SMILES string of the molecule is O=C(CNC(=O)c1ccccc1)NNC(=O)CN1CCCCCC1=O. The zero-order chi connectivity index (χ0) is 18.1. The van der Waals surface area contributed by atoms with E-state index in [0.29, 0.717) is 18.5 Å². The Morgan fingerprint density at radius 3 is 2.44 bits per heavy atom. The lowest BCUT2D eigenvalue weighted by atomic mass is 10.2. The van der Waals surface area contributed by atoms with E-state index < -0.39 is 11.8 Å². The average Bonchev–Trinajstić information content (AvgIpc) is 2.83. The number of nitrogens with one attached hydrogen (secondary N) is 3. The number of hydrazine groups is 1. The maximum absolute atomic E-state index is 11.8. The molecule has 0 aromatic heterocycles. The van der Waals surface area contributed by atoms with Gasteiger partial charge in [-0.15, -0.1) is 0 Å². The van der Waals surface area contributed by atoms with Crippen LogP contribution in [0.1, 0.15) is 36.0 Å². The molecule has 8 heteroatoms. The lowest BCUT2D eigenvalue weighted by Crippen LogP contribution is -2.50. The molecule has 0 unspecified atom stereocenters. The summed E-state index contributed by atoms with van der Waals surface area (Å²) in [5.74, 6) is -1.45. The van der Waals surface area contributed by atoms with Crippen LogP contribution in [0.2, 0.25) is 0 Å². The molecule has 1 aromatic rings. The van der Waals surface area contributed by atoms with Crippen LogP contribution in [-0.2, 0) is 14.4 Å². The van der Waals surface area contributed by atoms with Gasteiger partial charge in [0.1, 0.15) is 6.54 Å². The van der Waals surface area contributed by atoms with Gasteiger partial charge in [-0.25, -0.2) is 0 Å². The Kier molecular flexibility index (Phi) is 6.94. The molecule has 1 saturated heterocycles. The number of amides is 4. The summed E-state index contributed by atoms with van der Waals surface area (Å²) in [6.45, 7) is 0.194. The minimum Gasteiger partial charge on any atom is -0.343 e. The number of hydrogen-bond donors (Lipinski definition) is 3. The quantitative estimate of drug-likeness (QED) is 0.651. The lowest BCUT2D eigenvalue weighted by molar-refractivity contribution is -0.136. The van der Waals surface area contributed by atoms with Gasteiger partial charge in [-0.1, -0.05) is 24.6 Å². The van der Waals surface area contributed by atoms with Gasteiger partial charge in [-0.3, -0.25) is 30.0 Å². The molecule has 0 spiro atoms. The number of carbonyl (C=O) groups is 4. The topological polar surface area (TPSA) is 108 Å². The predicted molar refractivity (Wildman–Crippen MR) is 90.1 cm³/mol. The van der Waals surface area contributed by atoms with Gasteiger partial charge in [-0.2, -0.15) is 0 Å². The fourth-order valence-corrected chi connectivity index (χ4v) is 2.45. The Labute approximate surface area is 145 Å². The molecule has 3 N–H and O–H groups in total. The summed E-state index contributed by atoms with van der Waals surface area (Å²) in [7, 11) is 0. The van der Waals surface area contributed by atoms with Gasteiger partial charge in [0.05, 0.1) is 6.54 Å². The third-order valence-electron chi connectivity index (χ3n) is 3.79. The summed E-state index contributed by atoms with van der Waals surface area (Å²) in [5, 5.41) is 2.45. The normalized spacial score (nSPS) is 14.4. The zero-order valence-corrected chi connectivity index (χ0v) is 13.9. The Bertz CT molecular complexity index is 633. The number of rotatable bonds is 5. The van der Waals surface area contributed by atoms with Crippen molar-refractivity contribution < 1.29 is 19.2 Å². The second-order valence-corrected chi connectivity index (χ2v) is 5.77. The van der Waals surface area contributed by atoms with E-state index in [9.17, 15) is 19.2 Å². The zero-order valence-electron chi connectivity index (χ0n) is 13.9. The minimum atomic E-state index is -0.556. The van der Waals surface area contributed by atoms with Gasteiger partial charge >= 0.3 is 0 Å². The van der Waals surface area contributed by atoms with Crippen molar-refractivity contribution in [1.82, 2.24) is 21.1 Å². The van der Waals surface area contributed by atoms with E-state index in [4.69, 9.17) is 0 Å². The van der Waals surface area contributed by atoms with Crippen LogP contribution in [0.5, 0.6) is 0 Å². The molecule has 0 saturated carbocycles. The molecule has 8 nitrogen and oxygen atoms in total. The van der Waals surface area contributed by atoms with E-state index in [2.05, 4.69) is 16.2 Å². The van der Waals surface area contributed by atoms with Gasteiger partial charge in [-0.05, 0) is 25.0 Å². The van der Waals surface area contributed by atoms with Gasteiger partial charge in [0.25, 0.3) is 17.7 Å². The molecule has 1 aromatic carbocycles. The van der Waals surface area contributed by atoms with Crippen molar-refractivity contribution >= 4 is 23.6 Å². The highest BCUT2D eigenvalue weighted by molar-refractivity contribution is 5.96. The molecule has 1 fully saturated rings. The summed E-state index contributed by atoms with van der Waals surface area (Å²) >= 11 is 0. The minimum absolute atomic E-state index is 0.0471. The Balaban J connectivity index is 1.68. The molecule has 25 heavy (non-hydrogen) atoms. The van der Waals surface area contributed by atoms with Crippen LogP contribution in [-0.4, -0.2) is 48.2 Å². The number of likely N-dealkylation sites (tertiary alicyclic amines) is 1. The van der Waals surface area contributed by atoms with Gasteiger partial charge in [0, 0.05) is 18.5 Å². The Morgan fingerprint density at radius 2 is 1.68 bits per heavy atom. The van der Waals surface area contributed by atoms with E-state index in [1.807, 2.05) is 0 Å².